The quantitative estimate of drug-likeness (QED) is 0.0983. The molecular weight excluding hydrogens is 991 g/mol. The van der Waals surface area contributed by atoms with Gasteiger partial charge in [-0.05, 0) is 0 Å². The van der Waals surface area contributed by atoms with Gasteiger partial charge >= 0.3 is 106 Å². The molecular formula is C18H5F37OSi2. The van der Waals surface area contributed by atoms with Gasteiger partial charge in [-0.1, -0.05) is 0 Å². The van der Waals surface area contributed by atoms with Gasteiger partial charge in [0.2, 0.25) is 9.76 Å². The first kappa shape index (κ1) is 55.8. The molecule has 0 N–H and O–H groups in total. The summed E-state index contributed by atoms with van der Waals surface area (Å²) in [5, 5.41) is 0. The third kappa shape index (κ3) is 6.26. The molecule has 0 amide bonds. The van der Waals surface area contributed by atoms with Gasteiger partial charge in [-0.25, -0.2) is 8.78 Å². The highest BCUT2D eigenvalue weighted by Gasteiger charge is 3.02. The van der Waals surface area contributed by atoms with E-state index in [1.54, 1.807) is 0 Å². The summed E-state index contributed by atoms with van der Waals surface area (Å²) in [7, 11) is -6.13. The van der Waals surface area contributed by atoms with Gasteiger partial charge in [0.25, 0.3) is 0 Å². The van der Waals surface area contributed by atoms with Crippen molar-refractivity contribution < 1.29 is 167 Å². The zero-order valence-corrected chi connectivity index (χ0v) is 28.5. The molecule has 350 valence electrons. The minimum absolute atomic E-state index is 1.30. The van der Waals surface area contributed by atoms with E-state index in [0.29, 0.717) is 0 Å². The molecule has 0 aliphatic rings. The summed E-state index contributed by atoms with van der Waals surface area (Å²) in [6.07, 6.45) is -8.46. The molecule has 0 saturated heterocycles. The van der Waals surface area contributed by atoms with Crippen molar-refractivity contribution >= 4 is 20.2 Å². The first-order chi connectivity index (χ1) is 24.3. The summed E-state index contributed by atoms with van der Waals surface area (Å²) < 4.78 is 504. The van der Waals surface area contributed by atoms with Crippen LogP contribution in [0.5, 0.6) is 0 Å². The Morgan fingerprint density at radius 1 is 0.207 bits per heavy atom. The average molecular weight is 996 g/mol. The average Bonchev–Trinajstić information content (AvgIpc) is 2.98. The van der Waals surface area contributed by atoms with E-state index in [1.165, 1.54) is 0 Å². The molecule has 0 aliphatic heterocycles. The second-order valence-corrected chi connectivity index (χ2v) is 14.3. The standard InChI is InChI=1S/C18H5F37OSi2/c19-1(20,3(23,24)5(27,28)7(31,32)9(35,36)11(39,40)13(43,44)15(47,48)17(51,52)53)2(21,22)4(25,26)6(29,30)8(33,34)10(37,38)12(41,42)14(45,46)16(49,50)18(54,55)58-56-57/h58H2,57H3. The number of halogens is 37. The fourth-order valence-corrected chi connectivity index (χ4v) is 5.29. The van der Waals surface area contributed by atoms with E-state index >= 15 is 0 Å². The Morgan fingerprint density at radius 2 is 0.328 bits per heavy atom. The molecule has 0 unspecified atom stereocenters. The highest BCUT2D eigenvalue weighted by molar-refractivity contribution is 6.37. The van der Waals surface area contributed by atoms with Gasteiger partial charge in [0.15, 0.2) is 0 Å². The zero-order chi connectivity index (χ0) is 48.4. The lowest BCUT2D eigenvalue weighted by Gasteiger charge is -2.47. The van der Waals surface area contributed by atoms with Crippen molar-refractivity contribution in [3.05, 3.63) is 0 Å². The van der Waals surface area contributed by atoms with Crippen molar-refractivity contribution in [1.29, 1.82) is 0 Å². The Labute approximate surface area is 294 Å². The van der Waals surface area contributed by atoms with Gasteiger partial charge in [0, 0.05) is 0 Å². The minimum atomic E-state index is -10.4. The maximum atomic E-state index is 13.9. The van der Waals surface area contributed by atoms with Crippen molar-refractivity contribution in [1.82, 2.24) is 0 Å². The molecule has 0 aromatic carbocycles. The van der Waals surface area contributed by atoms with Crippen molar-refractivity contribution in [2.24, 2.45) is 0 Å². The molecule has 0 aliphatic carbocycles. The molecule has 0 radical (unpaired) electrons. The van der Waals surface area contributed by atoms with Crippen molar-refractivity contribution in [3.8, 4) is 0 Å². The van der Waals surface area contributed by atoms with E-state index in [4.69, 9.17) is 0 Å². The molecule has 58 heavy (non-hydrogen) atoms. The van der Waals surface area contributed by atoms with E-state index in [-0.39, 0.29) is 0 Å². The Bertz CT molecular complexity index is 1480. The minimum Gasteiger partial charge on any atom is -0.464 e. The normalized spacial score (nSPS) is 17.5. The Kier molecular flexibility index (Phi) is 13.1. The van der Waals surface area contributed by atoms with Crippen molar-refractivity contribution in [3.63, 3.8) is 0 Å². The van der Waals surface area contributed by atoms with E-state index in [2.05, 4.69) is 4.12 Å². The molecule has 0 aromatic rings. The van der Waals surface area contributed by atoms with E-state index < -0.39 is 127 Å². The number of rotatable bonds is 18. The highest BCUT2D eigenvalue weighted by Crippen LogP contribution is 2.70. The molecule has 0 bridgehead atoms. The summed E-state index contributed by atoms with van der Waals surface area (Å²) in [5.41, 5.74) is -6.97. The lowest BCUT2D eigenvalue weighted by atomic mass is 9.82. The van der Waals surface area contributed by atoms with Gasteiger partial charge in [-0.2, -0.15) is 154 Å². The number of hydrogen-bond acceptors (Lipinski definition) is 1. The highest BCUT2D eigenvalue weighted by atomic mass is 28.3. The lowest BCUT2D eigenvalue weighted by Crippen LogP contribution is -2.80. The summed E-state index contributed by atoms with van der Waals surface area (Å²) in [6.45, 7) is 0. The summed E-state index contributed by atoms with van der Waals surface area (Å²) in [4.78, 5) is 0. The van der Waals surface area contributed by atoms with Crippen LogP contribution in [-0.2, 0) is 4.12 Å². The zero-order valence-electron chi connectivity index (χ0n) is 25.1. The largest absolute Gasteiger partial charge is 0.464 e. The smallest absolute Gasteiger partial charge is 0.460 e. The van der Waals surface area contributed by atoms with Crippen LogP contribution in [0.15, 0.2) is 0 Å². The van der Waals surface area contributed by atoms with Crippen LogP contribution in [0, 0.1) is 0 Å². The molecule has 0 saturated carbocycles. The number of hydrogen-bond donors (Lipinski definition) is 0. The van der Waals surface area contributed by atoms with Gasteiger partial charge < -0.3 is 4.12 Å². The second-order valence-electron chi connectivity index (χ2n) is 10.8. The molecule has 1 nitrogen and oxygen atoms in total. The van der Waals surface area contributed by atoms with Crippen LogP contribution in [0.2, 0.25) is 0 Å². The predicted molar refractivity (Wildman–Crippen MR) is 110 cm³/mol. The monoisotopic (exact) mass is 996 g/mol. The van der Waals surface area contributed by atoms with Gasteiger partial charge in [-0.3, -0.25) is 0 Å². The van der Waals surface area contributed by atoms with E-state index in [0.717, 1.165) is 0 Å². The van der Waals surface area contributed by atoms with Crippen LogP contribution in [-0.4, -0.2) is 127 Å². The topological polar surface area (TPSA) is 9.23 Å². The summed E-state index contributed by atoms with van der Waals surface area (Å²) in [6, 6.07) is 0. The van der Waals surface area contributed by atoms with Gasteiger partial charge in [0.1, 0.15) is 10.5 Å². The molecule has 0 spiro atoms. The van der Waals surface area contributed by atoms with Crippen LogP contribution in [0.1, 0.15) is 0 Å². The van der Waals surface area contributed by atoms with Crippen LogP contribution in [0.3, 0.4) is 0 Å². The van der Waals surface area contributed by atoms with Crippen LogP contribution in [0.4, 0.5) is 162 Å². The second kappa shape index (κ2) is 13.7. The Morgan fingerprint density at radius 3 is 0.448 bits per heavy atom. The van der Waals surface area contributed by atoms with Gasteiger partial charge in [-0.15, -0.1) is 0 Å². The molecule has 0 aromatic heterocycles. The third-order valence-electron chi connectivity index (χ3n) is 7.06. The van der Waals surface area contributed by atoms with E-state index in [1.807, 2.05) is 0 Å². The van der Waals surface area contributed by atoms with Gasteiger partial charge in [0.05, 0.1) is 0 Å². The number of alkyl halides is 37. The summed E-state index contributed by atoms with van der Waals surface area (Å²) >= 11 is 0. The molecule has 40 heteroatoms. The molecule has 0 fully saturated rings. The predicted octanol–water partition coefficient (Wildman–Crippen LogP) is 9.69. The molecule has 0 atom stereocenters. The van der Waals surface area contributed by atoms with Crippen molar-refractivity contribution in [2.45, 2.75) is 106 Å². The molecule has 0 heterocycles. The fourth-order valence-electron chi connectivity index (χ4n) is 3.44. The maximum absolute atomic E-state index is 13.9. The summed E-state index contributed by atoms with van der Waals surface area (Å²) in [5.74, 6) is -158. The Balaban J connectivity index is 7.86. The first-order valence-corrected chi connectivity index (χ1v) is 14.4. The SMILES string of the molecule is FC(F)(F)C(F)(F)C(F)(F)C(F)(F)C(F)(F)C(F)(F)C(F)(F)C(F)(F)C(F)(F)C(F)(F)C(F)(F)C(F)(F)C(F)(F)C(F)(F)C(F)(F)C(F)(F)C(F)(F)C(F)(F)[SiH2]O[SiH3]. The van der Waals surface area contributed by atoms with Crippen molar-refractivity contribution in [2.75, 3.05) is 0 Å². The van der Waals surface area contributed by atoms with Crippen LogP contribution < -0.4 is 0 Å². The molecule has 0 rings (SSSR count). The maximum Gasteiger partial charge on any atom is 0.460 e. The first-order valence-electron chi connectivity index (χ1n) is 12.3. The van der Waals surface area contributed by atoms with E-state index in [9.17, 15) is 162 Å². The Hall–Kier alpha value is -2.20. The third-order valence-corrected chi connectivity index (χ3v) is 9.02. The van der Waals surface area contributed by atoms with Crippen LogP contribution >= 0.6 is 0 Å². The van der Waals surface area contributed by atoms with Crippen LogP contribution in [0.25, 0.3) is 0 Å². The lowest BCUT2D eigenvalue weighted by molar-refractivity contribution is -0.493. The fraction of sp³-hybridized carbons (Fsp3) is 1.00.